The van der Waals surface area contributed by atoms with E-state index < -0.39 is 0 Å². The normalized spacial score (nSPS) is 10.6. The summed E-state index contributed by atoms with van der Waals surface area (Å²) in [4.78, 5) is 0. The molecule has 0 saturated carbocycles. The Kier molecular flexibility index (Phi) is 4.43. The lowest BCUT2D eigenvalue weighted by molar-refractivity contribution is 0.415. The number of aromatic nitrogens is 2. The zero-order valence-electron chi connectivity index (χ0n) is 12.7. The lowest BCUT2D eigenvalue weighted by Gasteiger charge is -2.10. The molecular weight excluding hydrogens is 347 g/mol. The maximum atomic E-state index is 9.12. The van der Waals surface area contributed by atoms with Crippen molar-refractivity contribution in [1.82, 2.24) is 10.2 Å². The number of hydrogen-bond donors (Lipinski definition) is 1. The zero-order valence-corrected chi connectivity index (χ0v) is 14.2. The Bertz CT molecular complexity index is 982. The van der Waals surface area contributed by atoms with E-state index in [9.17, 15) is 0 Å². The maximum absolute atomic E-state index is 9.12. The fourth-order valence-electron chi connectivity index (χ4n) is 2.53. The van der Waals surface area contributed by atoms with E-state index in [1.807, 2.05) is 18.2 Å². The first-order chi connectivity index (χ1) is 11.5. The van der Waals surface area contributed by atoms with Crippen LogP contribution in [0.3, 0.4) is 0 Å². The summed E-state index contributed by atoms with van der Waals surface area (Å²) >= 11 is 12.3. The summed E-state index contributed by atoms with van der Waals surface area (Å²) in [5, 5.41) is 19.3. The topological polar surface area (TPSA) is 84.8 Å². The van der Waals surface area contributed by atoms with Crippen LogP contribution in [0.1, 0.15) is 16.8 Å². The molecule has 1 heterocycles. The van der Waals surface area contributed by atoms with Crippen LogP contribution in [0.5, 0.6) is 5.75 Å². The summed E-state index contributed by atoms with van der Waals surface area (Å²) in [6.07, 6.45) is 0.496. The zero-order chi connectivity index (χ0) is 17.3. The minimum Gasteiger partial charge on any atom is -0.495 e. The van der Waals surface area contributed by atoms with Gasteiger partial charge < -0.3 is 10.5 Å². The molecule has 3 rings (SSSR count). The average molecular weight is 359 g/mol. The SMILES string of the molecule is COc1ccc(Cc2nnc(Cl)c3c(N)c(C#N)ccc23)cc1Cl. The second-order valence-corrected chi connectivity index (χ2v) is 5.91. The van der Waals surface area contributed by atoms with Crippen molar-refractivity contribution in [3.8, 4) is 11.8 Å². The molecule has 3 aromatic rings. The molecule has 0 aliphatic heterocycles. The predicted molar refractivity (Wildman–Crippen MR) is 94.5 cm³/mol. The molecule has 0 unspecified atom stereocenters. The molecule has 5 nitrogen and oxygen atoms in total. The summed E-state index contributed by atoms with van der Waals surface area (Å²) in [6.45, 7) is 0. The number of ether oxygens (including phenoxy) is 1. The quantitative estimate of drug-likeness (QED) is 0.715. The van der Waals surface area contributed by atoms with Gasteiger partial charge in [-0.05, 0) is 23.8 Å². The van der Waals surface area contributed by atoms with E-state index in [2.05, 4.69) is 10.2 Å². The molecule has 1 aromatic heterocycles. The number of hydrogen-bond acceptors (Lipinski definition) is 5. The number of rotatable bonds is 3. The molecule has 24 heavy (non-hydrogen) atoms. The Balaban J connectivity index is 2.11. The van der Waals surface area contributed by atoms with Crippen LogP contribution >= 0.6 is 23.2 Å². The van der Waals surface area contributed by atoms with Crippen molar-refractivity contribution >= 4 is 39.7 Å². The number of fused-ring (bicyclic) bond motifs is 1. The standard InChI is InChI=1S/C17H12Cl2N4O/c1-24-14-5-2-9(6-12(14)18)7-13-11-4-3-10(8-20)16(21)15(11)17(19)23-22-13/h2-6H,7,21H2,1H3. The highest BCUT2D eigenvalue weighted by atomic mass is 35.5. The number of methoxy groups -OCH3 is 1. The third kappa shape index (κ3) is 2.82. The Labute approximate surface area is 148 Å². The van der Waals surface area contributed by atoms with Gasteiger partial charge >= 0.3 is 0 Å². The number of anilines is 1. The molecule has 0 bridgehead atoms. The van der Waals surface area contributed by atoms with Gasteiger partial charge in [0.25, 0.3) is 0 Å². The average Bonchev–Trinajstić information content (AvgIpc) is 2.57. The number of halogens is 2. The van der Waals surface area contributed by atoms with Gasteiger partial charge in [0, 0.05) is 17.2 Å². The van der Waals surface area contributed by atoms with Crippen molar-refractivity contribution in [2.45, 2.75) is 6.42 Å². The van der Waals surface area contributed by atoms with Gasteiger partial charge in [0.1, 0.15) is 11.8 Å². The molecule has 0 atom stereocenters. The first-order valence-electron chi connectivity index (χ1n) is 7.01. The summed E-state index contributed by atoms with van der Waals surface area (Å²) in [5.41, 5.74) is 8.36. The highest BCUT2D eigenvalue weighted by Crippen LogP contribution is 2.32. The van der Waals surface area contributed by atoms with Crippen molar-refractivity contribution in [1.29, 1.82) is 5.26 Å². The summed E-state index contributed by atoms with van der Waals surface area (Å²) in [7, 11) is 1.56. The molecular formula is C17H12Cl2N4O. The van der Waals surface area contributed by atoms with E-state index >= 15 is 0 Å². The van der Waals surface area contributed by atoms with Gasteiger partial charge in [-0.1, -0.05) is 35.3 Å². The molecule has 2 N–H and O–H groups in total. The molecule has 120 valence electrons. The summed E-state index contributed by atoms with van der Waals surface area (Å²) in [5.74, 6) is 0.607. The van der Waals surface area contributed by atoms with Gasteiger partial charge in [0.2, 0.25) is 0 Å². The van der Waals surface area contributed by atoms with E-state index in [1.54, 1.807) is 25.3 Å². The van der Waals surface area contributed by atoms with Crippen molar-refractivity contribution < 1.29 is 4.74 Å². The minimum absolute atomic E-state index is 0.177. The highest BCUT2D eigenvalue weighted by molar-refractivity contribution is 6.35. The second kappa shape index (κ2) is 6.52. The van der Waals surface area contributed by atoms with Crippen LogP contribution in [-0.2, 0) is 6.42 Å². The van der Waals surface area contributed by atoms with E-state index in [0.717, 1.165) is 10.9 Å². The Morgan fingerprint density at radius 1 is 1.21 bits per heavy atom. The predicted octanol–water partition coefficient (Wildman–Crippen LogP) is 3.99. The van der Waals surface area contributed by atoms with Crippen LogP contribution < -0.4 is 10.5 Å². The first-order valence-corrected chi connectivity index (χ1v) is 7.76. The van der Waals surface area contributed by atoms with Crippen LogP contribution in [0.2, 0.25) is 10.2 Å². The molecule has 0 aliphatic rings. The molecule has 0 saturated heterocycles. The summed E-state index contributed by atoms with van der Waals surface area (Å²) < 4.78 is 5.15. The molecule has 0 radical (unpaired) electrons. The maximum Gasteiger partial charge on any atom is 0.161 e. The van der Waals surface area contributed by atoms with Crippen molar-refractivity contribution in [2.75, 3.05) is 12.8 Å². The minimum atomic E-state index is 0.177. The molecule has 0 fully saturated rings. The second-order valence-electron chi connectivity index (χ2n) is 5.14. The van der Waals surface area contributed by atoms with Crippen LogP contribution in [0.4, 0.5) is 5.69 Å². The molecule has 2 aromatic carbocycles. The largest absolute Gasteiger partial charge is 0.495 e. The number of nitrogens with two attached hydrogens (primary N) is 1. The molecule has 0 spiro atoms. The van der Waals surface area contributed by atoms with Crippen LogP contribution in [0.25, 0.3) is 10.8 Å². The molecule has 0 amide bonds. The van der Waals surface area contributed by atoms with E-state index in [-0.39, 0.29) is 5.15 Å². The van der Waals surface area contributed by atoms with E-state index in [4.69, 9.17) is 38.9 Å². The third-order valence-electron chi connectivity index (χ3n) is 3.73. The van der Waals surface area contributed by atoms with E-state index in [0.29, 0.717) is 39.5 Å². The number of nitriles is 1. The van der Waals surface area contributed by atoms with Gasteiger partial charge in [-0.2, -0.15) is 10.4 Å². The number of benzene rings is 2. The number of nitrogen functional groups attached to an aromatic ring is 1. The van der Waals surface area contributed by atoms with Crippen molar-refractivity contribution in [2.24, 2.45) is 0 Å². The number of nitrogens with zero attached hydrogens (tertiary/aromatic N) is 3. The van der Waals surface area contributed by atoms with Gasteiger partial charge in [-0.15, -0.1) is 5.10 Å². The van der Waals surface area contributed by atoms with Crippen LogP contribution in [0.15, 0.2) is 30.3 Å². The fraction of sp³-hybridized carbons (Fsp3) is 0.118. The fourth-order valence-corrected chi connectivity index (χ4v) is 3.05. The van der Waals surface area contributed by atoms with Gasteiger partial charge in [-0.25, -0.2) is 0 Å². The first kappa shape index (κ1) is 16.3. The van der Waals surface area contributed by atoms with Crippen LogP contribution in [0, 0.1) is 11.3 Å². The van der Waals surface area contributed by atoms with Crippen molar-refractivity contribution in [3.05, 3.63) is 57.3 Å². The molecule has 0 aliphatic carbocycles. The van der Waals surface area contributed by atoms with E-state index in [1.165, 1.54) is 0 Å². The smallest absolute Gasteiger partial charge is 0.161 e. The van der Waals surface area contributed by atoms with Crippen molar-refractivity contribution in [3.63, 3.8) is 0 Å². The lowest BCUT2D eigenvalue weighted by Crippen LogP contribution is -2.01. The van der Waals surface area contributed by atoms with Gasteiger partial charge in [0.15, 0.2) is 5.15 Å². The van der Waals surface area contributed by atoms with Crippen LogP contribution in [-0.4, -0.2) is 17.3 Å². The Morgan fingerprint density at radius 2 is 2.00 bits per heavy atom. The third-order valence-corrected chi connectivity index (χ3v) is 4.29. The molecule has 7 heteroatoms. The Morgan fingerprint density at radius 3 is 2.67 bits per heavy atom. The Hall–Kier alpha value is -2.55. The monoisotopic (exact) mass is 358 g/mol. The van der Waals surface area contributed by atoms with Gasteiger partial charge in [-0.3, -0.25) is 0 Å². The lowest BCUT2D eigenvalue weighted by atomic mass is 10.0. The van der Waals surface area contributed by atoms with Gasteiger partial charge in [0.05, 0.1) is 29.1 Å². The highest BCUT2D eigenvalue weighted by Gasteiger charge is 2.14. The summed E-state index contributed by atoms with van der Waals surface area (Å²) in [6, 6.07) is 11.0.